The fourth-order valence-corrected chi connectivity index (χ4v) is 3.14. The zero-order valence-electron chi connectivity index (χ0n) is 9.72. The van der Waals surface area contributed by atoms with Crippen molar-refractivity contribution in [1.29, 1.82) is 5.26 Å². The number of nitrogens with zero attached hydrogens (tertiary/aromatic N) is 1. The van der Waals surface area contributed by atoms with Crippen LogP contribution in [0.3, 0.4) is 0 Å². The molecule has 6 heteroatoms. The maximum atomic E-state index is 11.9. The predicted molar refractivity (Wildman–Crippen MR) is 69.7 cm³/mol. The Bertz CT molecular complexity index is 525. The maximum absolute atomic E-state index is 11.9. The summed E-state index contributed by atoms with van der Waals surface area (Å²) in [5.74, 6) is -0.990. The molecule has 1 aromatic rings. The van der Waals surface area contributed by atoms with E-state index < -0.39 is 22.0 Å². The average molecular weight is 286 g/mol. The smallest absolute Gasteiger partial charge is 0.319 e. The Hall–Kier alpha value is -1.38. The Kier molecular flexibility index (Phi) is 5.32. The van der Waals surface area contributed by atoms with Crippen LogP contribution in [0.4, 0.5) is 0 Å². The Morgan fingerprint density at radius 1 is 1.61 bits per heavy atom. The van der Waals surface area contributed by atoms with Crippen LogP contribution in [0, 0.1) is 11.3 Å². The van der Waals surface area contributed by atoms with E-state index in [1.165, 1.54) is 6.07 Å². The summed E-state index contributed by atoms with van der Waals surface area (Å²) in [6.07, 6.45) is 0.301. The highest BCUT2D eigenvalue weighted by Gasteiger charge is 2.23. The molecule has 0 radical (unpaired) electrons. The van der Waals surface area contributed by atoms with Crippen molar-refractivity contribution >= 4 is 28.4 Å². The molecule has 0 aliphatic carbocycles. The number of carbonyl (C=O) groups is 1. The van der Waals surface area contributed by atoms with Crippen LogP contribution in [-0.4, -0.2) is 20.5 Å². The molecule has 0 bridgehead atoms. The summed E-state index contributed by atoms with van der Waals surface area (Å²) in [5.41, 5.74) is 1.01. The fraction of sp³-hybridized carbons (Fsp3) is 0.333. The van der Waals surface area contributed by atoms with Crippen molar-refractivity contribution in [1.82, 2.24) is 0 Å². The molecule has 96 valence electrons. The number of hydrogen-bond donors (Lipinski definition) is 1. The standard InChI is InChI=1S/C12H12ClNO3S/c1-2-11(12(15)16)18(17)7-9-4-3-8(6-14)5-10(9)13/h3-5,11H,2,7H2,1H3,(H,15,16). The van der Waals surface area contributed by atoms with Gasteiger partial charge in [-0.05, 0) is 24.1 Å². The number of carboxylic acids is 1. The van der Waals surface area contributed by atoms with E-state index in [1.807, 2.05) is 6.07 Å². The van der Waals surface area contributed by atoms with Crippen molar-refractivity contribution in [3.05, 3.63) is 34.3 Å². The quantitative estimate of drug-likeness (QED) is 0.900. The Morgan fingerprint density at radius 2 is 2.28 bits per heavy atom. The van der Waals surface area contributed by atoms with Gasteiger partial charge in [-0.25, -0.2) is 0 Å². The molecule has 18 heavy (non-hydrogen) atoms. The van der Waals surface area contributed by atoms with Crippen molar-refractivity contribution in [2.45, 2.75) is 24.3 Å². The lowest BCUT2D eigenvalue weighted by molar-refractivity contribution is -0.136. The van der Waals surface area contributed by atoms with E-state index in [0.29, 0.717) is 22.6 Å². The zero-order valence-corrected chi connectivity index (χ0v) is 11.3. The van der Waals surface area contributed by atoms with Gasteiger partial charge in [-0.2, -0.15) is 5.26 Å². The first kappa shape index (κ1) is 14.7. The van der Waals surface area contributed by atoms with Crippen LogP contribution in [0.15, 0.2) is 18.2 Å². The molecule has 0 aliphatic heterocycles. The van der Waals surface area contributed by atoms with Gasteiger partial charge in [0.15, 0.2) is 0 Å². The summed E-state index contributed by atoms with van der Waals surface area (Å²) in [7, 11) is -1.52. The average Bonchev–Trinajstić information content (AvgIpc) is 2.32. The molecule has 2 unspecified atom stereocenters. The molecular weight excluding hydrogens is 274 g/mol. The fourth-order valence-electron chi connectivity index (χ4n) is 1.46. The van der Waals surface area contributed by atoms with Crippen LogP contribution in [0.2, 0.25) is 5.02 Å². The SMILES string of the molecule is CCC(C(=O)O)S(=O)Cc1ccc(C#N)cc1Cl. The number of aliphatic carboxylic acids is 1. The zero-order chi connectivity index (χ0) is 13.7. The van der Waals surface area contributed by atoms with Gasteiger partial charge < -0.3 is 5.11 Å². The van der Waals surface area contributed by atoms with Crippen LogP contribution in [0.25, 0.3) is 0 Å². The normalized spacial score (nSPS) is 13.6. The van der Waals surface area contributed by atoms with E-state index in [2.05, 4.69) is 0 Å². The van der Waals surface area contributed by atoms with Gasteiger partial charge in [-0.1, -0.05) is 24.6 Å². The van der Waals surface area contributed by atoms with Gasteiger partial charge in [0.1, 0.15) is 5.25 Å². The Balaban J connectivity index is 2.89. The molecule has 0 spiro atoms. The van der Waals surface area contributed by atoms with Gasteiger partial charge in [0.05, 0.1) is 17.4 Å². The van der Waals surface area contributed by atoms with Crippen molar-refractivity contribution in [2.75, 3.05) is 0 Å². The lowest BCUT2D eigenvalue weighted by atomic mass is 10.2. The minimum Gasteiger partial charge on any atom is -0.480 e. The van der Waals surface area contributed by atoms with Gasteiger partial charge in [0, 0.05) is 15.8 Å². The van der Waals surface area contributed by atoms with Crippen LogP contribution >= 0.6 is 11.6 Å². The number of hydrogen-bond acceptors (Lipinski definition) is 3. The van der Waals surface area contributed by atoms with Crippen LogP contribution < -0.4 is 0 Å². The van der Waals surface area contributed by atoms with Crippen molar-refractivity contribution in [3.8, 4) is 6.07 Å². The van der Waals surface area contributed by atoms with Crippen LogP contribution in [-0.2, 0) is 21.3 Å². The third-order valence-electron chi connectivity index (χ3n) is 2.44. The van der Waals surface area contributed by atoms with E-state index in [9.17, 15) is 9.00 Å². The molecule has 1 aromatic carbocycles. The molecule has 0 saturated heterocycles. The lowest BCUT2D eigenvalue weighted by Crippen LogP contribution is -2.25. The third-order valence-corrected chi connectivity index (χ3v) is 4.56. The third kappa shape index (κ3) is 3.56. The van der Waals surface area contributed by atoms with Crippen molar-refractivity contribution in [2.24, 2.45) is 0 Å². The minimum atomic E-state index is -1.52. The molecular formula is C12H12ClNO3S. The monoisotopic (exact) mass is 285 g/mol. The molecule has 0 fully saturated rings. The number of rotatable bonds is 5. The number of halogens is 1. The van der Waals surface area contributed by atoms with E-state index in [0.717, 1.165) is 0 Å². The van der Waals surface area contributed by atoms with E-state index >= 15 is 0 Å². The largest absolute Gasteiger partial charge is 0.480 e. The van der Waals surface area contributed by atoms with E-state index in [4.69, 9.17) is 22.0 Å². The van der Waals surface area contributed by atoms with Crippen LogP contribution in [0.5, 0.6) is 0 Å². The predicted octanol–water partition coefficient (Wildman–Crippen LogP) is 2.32. The van der Waals surface area contributed by atoms with Gasteiger partial charge in [-0.15, -0.1) is 0 Å². The highest BCUT2D eigenvalue weighted by atomic mass is 35.5. The maximum Gasteiger partial charge on any atom is 0.319 e. The van der Waals surface area contributed by atoms with E-state index in [-0.39, 0.29) is 5.75 Å². The molecule has 2 atom stereocenters. The summed E-state index contributed by atoms with van der Waals surface area (Å²) in [5, 5.41) is 17.0. The first-order valence-corrected chi connectivity index (χ1v) is 7.04. The Labute approximate surface area is 113 Å². The molecule has 0 aromatic heterocycles. The summed E-state index contributed by atoms with van der Waals surface area (Å²) in [6, 6.07) is 6.60. The van der Waals surface area contributed by atoms with Gasteiger partial charge in [0.2, 0.25) is 0 Å². The second-order valence-electron chi connectivity index (χ2n) is 3.68. The summed E-state index contributed by atoms with van der Waals surface area (Å²) in [6.45, 7) is 1.68. The molecule has 0 saturated carbocycles. The second kappa shape index (κ2) is 6.53. The Morgan fingerprint density at radius 3 is 2.72 bits per heavy atom. The minimum absolute atomic E-state index is 0.0787. The molecule has 0 aliphatic rings. The first-order valence-electron chi connectivity index (χ1n) is 5.28. The summed E-state index contributed by atoms with van der Waals surface area (Å²) < 4.78 is 11.9. The molecule has 1 rings (SSSR count). The molecule has 1 N–H and O–H groups in total. The van der Waals surface area contributed by atoms with Crippen LogP contribution in [0.1, 0.15) is 24.5 Å². The molecule has 0 amide bonds. The number of benzene rings is 1. The van der Waals surface area contributed by atoms with Gasteiger partial charge in [-0.3, -0.25) is 9.00 Å². The topological polar surface area (TPSA) is 78.2 Å². The lowest BCUT2D eigenvalue weighted by Gasteiger charge is -2.10. The number of carboxylic acid groups (broad SMARTS) is 1. The molecule has 4 nitrogen and oxygen atoms in total. The van der Waals surface area contributed by atoms with Gasteiger partial charge in [0.25, 0.3) is 0 Å². The molecule has 0 heterocycles. The van der Waals surface area contributed by atoms with Gasteiger partial charge >= 0.3 is 5.97 Å². The second-order valence-corrected chi connectivity index (χ2v) is 5.70. The van der Waals surface area contributed by atoms with Crippen molar-refractivity contribution in [3.63, 3.8) is 0 Å². The highest BCUT2D eigenvalue weighted by molar-refractivity contribution is 7.85. The number of nitriles is 1. The summed E-state index contributed by atoms with van der Waals surface area (Å²) in [4.78, 5) is 10.9. The first-order chi connectivity index (χ1) is 8.49. The highest BCUT2D eigenvalue weighted by Crippen LogP contribution is 2.20. The summed E-state index contributed by atoms with van der Waals surface area (Å²) >= 11 is 5.95. The van der Waals surface area contributed by atoms with Crippen molar-refractivity contribution < 1.29 is 14.1 Å². The van der Waals surface area contributed by atoms with E-state index in [1.54, 1.807) is 19.1 Å².